The molecule has 0 radical (unpaired) electrons. The maximum absolute atomic E-state index is 13.3. The van der Waals surface area contributed by atoms with Gasteiger partial charge >= 0.3 is 0 Å². The van der Waals surface area contributed by atoms with Gasteiger partial charge in [-0.1, -0.05) is 0 Å². The van der Waals surface area contributed by atoms with Gasteiger partial charge in [-0.2, -0.15) is 21.9 Å². The van der Waals surface area contributed by atoms with E-state index in [-0.39, 0.29) is 6.07 Å². The maximum Gasteiger partial charge on any atom is 0.289 e. The highest BCUT2D eigenvalue weighted by Gasteiger charge is 2.35. The van der Waals surface area contributed by atoms with Crippen LogP contribution in [0.25, 0.3) is 0 Å². The summed E-state index contributed by atoms with van der Waals surface area (Å²) in [5.74, 6) is -6.31. The van der Waals surface area contributed by atoms with E-state index >= 15 is 0 Å². The van der Waals surface area contributed by atoms with Crippen molar-refractivity contribution in [1.82, 2.24) is 4.72 Å². The van der Waals surface area contributed by atoms with E-state index in [9.17, 15) is 26.0 Å². The van der Waals surface area contributed by atoms with Gasteiger partial charge in [0, 0.05) is 6.07 Å². The summed E-state index contributed by atoms with van der Waals surface area (Å²) in [6, 6.07) is 1.46. The van der Waals surface area contributed by atoms with Gasteiger partial charge in [0.15, 0.2) is 0 Å². The van der Waals surface area contributed by atoms with Gasteiger partial charge in [-0.25, -0.2) is 13.9 Å². The molecule has 0 aliphatic rings. The number of hydrogen-bond acceptors (Lipinski definition) is 2. The minimum atomic E-state index is -4.31. The molecular weight excluding hydrogens is 264 g/mol. The Morgan fingerprint density at radius 1 is 1.29 bits per heavy atom. The van der Waals surface area contributed by atoms with E-state index in [0.717, 1.165) is 0 Å². The summed E-state index contributed by atoms with van der Waals surface area (Å²) < 4.78 is 74.4. The second kappa shape index (κ2) is 4.59. The first kappa shape index (κ1) is 13.9. The molecule has 0 saturated carbocycles. The molecular formula is C8H8F4N2O2S. The molecule has 0 amide bonds. The lowest BCUT2D eigenvalue weighted by Crippen LogP contribution is -2.39. The number of benzene rings is 1. The monoisotopic (exact) mass is 272 g/mol. The van der Waals surface area contributed by atoms with Crippen LogP contribution in [0.3, 0.4) is 0 Å². The molecule has 0 unspecified atom stereocenters. The first-order valence-electron chi connectivity index (χ1n) is 4.22. The minimum absolute atomic E-state index is 0.278. The molecule has 0 spiro atoms. The highest BCUT2D eigenvalue weighted by atomic mass is 32.2. The molecule has 17 heavy (non-hydrogen) atoms. The normalized spacial score (nSPS) is 12.8. The fourth-order valence-electron chi connectivity index (χ4n) is 1.07. The molecule has 4 nitrogen and oxygen atoms in total. The van der Waals surface area contributed by atoms with Crippen molar-refractivity contribution in [3.8, 4) is 0 Å². The van der Waals surface area contributed by atoms with Crippen LogP contribution in [-0.4, -0.2) is 15.0 Å². The Morgan fingerprint density at radius 2 is 1.88 bits per heavy atom. The Labute approximate surface area is 94.6 Å². The van der Waals surface area contributed by atoms with Crippen molar-refractivity contribution in [3.05, 3.63) is 35.4 Å². The van der Waals surface area contributed by atoms with Crippen LogP contribution in [-0.2, 0) is 16.1 Å². The third kappa shape index (κ3) is 3.95. The minimum Gasteiger partial charge on any atom is -0.216 e. The molecule has 0 aliphatic carbocycles. The molecule has 1 aromatic rings. The average Bonchev–Trinajstić information content (AvgIpc) is 2.13. The summed E-state index contributed by atoms with van der Waals surface area (Å²) in [6.07, 6.45) is 0. The van der Waals surface area contributed by atoms with Gasteiger partial charge in [0.1, 0.15) is 11.6 Å². The van der Waals surface area contributed by atoms with Gasteiger partial charge in [0.2, 0.25) is 0 Å². The third-order valence-electron chi connectivity index (χ3n) is 1.82. The maximum atomic E-state index is 13.3. The lowest BCUT2D eigenvalue weighted by Gasteiger charge is -2.17. The molecule has 1 rings (SSSR count). The Kier molecular flexibility index (Phi) is 3.74. The number of nitrogens with two attached hydrogens (primary N) is 1. The molecule has 0 atom stereocenters. The van der Waals surface area contributed by atoms with Gasteiger partial charge in [-0.3, -0.25) is 0 Å². The zero-order valence-corrected chi connectivity index (χ0v) is 9.07. The summed E-state index contributed by atoms with van der Waals surface area (Å²) in [7, 11) is -4.31. The molecule has 0 aromatic heterocycles. The SMILES string of the molecule is NS(=O)(=O)NCC(F)(F)c1ccc(F)cc1F. The van der Waals surface area contributed by atoms with Crippen LogP contribution < -0.4 is 9.86 Å². The van der Waals surface area contributed by atoms with Gasteiger partial charge in [-0.05, 0) is 12.1 Å². The highest BCUT2D eigenvalue weighted by molar-refractivity contribution is 7.87. The van der Waals surface area contributed by atoms with E-state index in [0.29, 0.717) is 12.1 Å². The quantitative estimate of drug-likeness (QED) is 0.798. The van der Waals surface area contributed by atoms with Crippen LogP contribution >= 0.6 is 0 Å². The number of alkyl halides is 2. The van der Waals surface area contributed by atoms with E-state index in [2.05, 4.69) is 5.14 Å². The second-order valence-corrected chi connectivity index (χ2v) is 4.57. The summed E-state index contributed by atoms with van der Waals surface area (Å²) in [6.45, 7) is -1.41. The number of rotatable bonds is 4. The Hall–Kier alpha value is -1.19. The largest absolute Gasteiger partial charge is 0.289 e. The number of nitrogens with one attached hydrogen (secondary N) is 1. The summed E-state index contributed by atoms with van der Waals surface area (Å²) in [5.41, 5.74) is -1.12. The first-order chi connectivity index (χ1) is 7.62. The van der Waals surface area contributed by atoms with Gasteiger partial charge in [-0.15, -0.1) is 0 Å². The van der Waals surface area contributed by atoms with E-state index in [4.69, 9.17) is 0 Å². The van der Waals surface area contributed by atoms with Gasteiger partial charge in [0.25, 0.3) is 16.1 Å². The van der Waals surface area contributed by atoms with Crippen molar-refractivity contribution in [2.24, 2.45) is 5.14 Å². The van der Waals surface area contributed by atoms with Crippen molar-refractivity contribution < 1.29 is 26.0 Å². The van der Waals surface area contributed by atoms with Gasteiger partial charge < -0.3 is 0 Å². The van der Waals surface area contributed by atoms with Crippen LogP contribution in [0.5, 0.6) is 0 Å². The average molecular weight is 272 g/mol. The lowest BCUT2D eigenvalue weighted by atomic mass is 10.1. The number of hydrogen-bond donors (Lipinski definition) is 2. The molecule has 0 bridgehead atoms. The van der Waals surface area contributed by atoms with Crippen molar-refractivity contribution in [3.63, 3.8) is 0 Å². The highest BCUT2D eigenvalue weighted by Crippen LogP contribution is 2.29. The summed E-state index contributed by atoms with van der Waals surface area (Å²) in [4.78, 5) is 0. The standard InChI is InChI=1S/C8H8F4N2O2S/c9-5-1-2-6(7(10)3-5)8(11,12)4-14-17(13,15)16/h1-3,14H,4H2,(H2,13,15,16). The van der Waals surface area contributed by atoms with E-state index in [1.165, 1.54) is 4.72 Å². The first-order valence-corrected chi connectivity index (χ1v) is 5.77. The van der Waals surface area contributed by atoms with E-state index < -0.39 is 39.9 Å². The molecule has 1 aromatic carbocycles. The second-order valence-electron chi connectivity index (χ2n) is 3.19. The van der Waals surface area contributed by atoms with Crippen molar-refractivity contribution in [1.29, 1.82) is 0 Å². The Bertz CT molecular complexity index is 518. The zero-order valence-electron chi connectivity index (χ0n) is 8.25. The lowest BCUT2D eigenvalue weighted by molar-refractivity contribution is -0.00151. The molecule has 0 heterocycles. The molecule has 9 heteroatoms. The van der Waals surface area contributed by atoms with Crippen LogP contribution in [0.15, 0.2) is 18.2 Å². The number of halogens is 4. The van der Waals surface area contributed by atoms with Crippen molar-refractivity contribution in [2.45, 2.75) is 5.92 Å². The summed E-state index contributed by atoms with van der Waals surface area (Å²) in [5, 5.41) is 4.46. The van der Waals surface area contributed by atoms with Crippen molar-refractivity contribution in [2.75, 3.05) is 6.54 Å². The predicted octanol–water partition coefficient (Wildman–Crippen LogP) is 0.850. The molecule has 0 aliphatic heterocycles. The molecule has 96 valence electrons. The van der Waals surface area contributed by atoms with E-state index in [1.54, 1.807) is 0 Å². The predicted molar refractivity (Wildman–Crippen MR) is 51.4 cm³/mol. The van der Waals surface area contributed by atoms with Crippen LogP contribution in [0.4, 0.5) is 17.6 Å². The van der Waals surface area contributed by atoms with Crippen LogP contribution in [0.1, 0.15) is 5.56 Å². The Balaban J connectivity index is 2.96. The molecule has 0 saturated heterocycles. The topological polar surface area (TPSA) is 72.2 Å². The fourth-order valence-corrected chi connectivity index (χ4v) is 1.46. The zero-order chi connectivity index (χ0) is 13.3. The summed E-state index contributed by atoms with van der Waals surface area (Å²) >= 11 is 0. The van der Waals surface area contributed by atoms with Crippen molar-refractivity contribution >= 4 is 10.2 Å². The third-order valence-corrected chi connectivity index (χ3v) is 2.37. The van der Waals surface area contributed by atoms with E-state index in [1.807, 2.05) is 0 Å². The van der Waals surface area contributed by atoms with Gasteiger partial charge in [0.05, 0.1) is 12.1 Å². The molecule has 3 N–H and O–H groups in total. The smallest absolute Gasteiger partial charge is 0.216 e. The molecule has 0 fully saturated rings. The van der Waals surface area contributed by atoms with Crippen LogP contribution in [0.2, 0.25) is 0 Å². The van der Waals surface area contributed by atoms with Crippen LogP contribution in [0, 0.1) is 11.6 Å². The fraction of sp³-hybridized carbons (Fsp3) is 0.250. The Morgan fingerprint density at radius 3 is 2.35 bits per heavy atom.